The molecule has 0 aromatic heterocycles. The molecule has 1 aliphatic rings. The Hall–Kier alpha value is -1.09. The fourth-order valence-corrected chi connectivity index (χ4v) is 2.37. The van der Waals surface area contributed by atoms with Crippen LogP contribution < -0.4 is 10.2 Å². The van der Waals surface area contributed by atoms with Gasteiger partial charge in [0.1, 0.15) is 5.82 Å². The molecular formula is C15H23FN2. The van der Waals surface area contributed by atoms with Gasteiger partial charge in [0.15, 0.2) is 0 Å². The van der Waals surface area contributed by atoms with Gasteiger partial charge in [0.25, 0.3) is 0 Å². The third kappa shape index (κ3) is 2.83. The Kier molecular flexibility index (Phi) is 3.91. The molecule has 3 atom stereocenters. The van der Waals surface area contributed by atoms with Crippen molar-refractivity contribution >= 4 is 5.69 Å². The minimum atomic E-state index is -0.120. The maximum absolute atomic E-state index is 14.1. The van der Waals surface area contributed by atoms with Crippen LogP contribution >= 0.6 is 0 Å². The Labute approximate surface area is 109 Å². The number of rotatable bonds is 5. The molecule has 1 aromatic rings. The SMILES string of the molecule is CNC(C)c1ccc(N(C)CC2CC2C)c(F)c1. The third-order valence-corrected chi connectivity index (χ3v) is 4.10. The average molecular weight is 250 g/mol. The van der Waals surface area contributed by atoms with Crippen LogP contribution in [-0.2, 0) is 0 Å². The Morgan fingerprint density at radius 3 is 2.67 bits per heavy atom. The number of anilines is 1. The summed E-state index contributed by atoms with van der Waals surface area (Å²) in [7, 11) is 3.86. The molecule has 2 nitrogen and oxygen atoms in total. The third-order valence-electron chi connectivity index (χ3n) is 4.10. The average Bonchev–Trinajstić information content (AvgIpc) is 3.03. The van der Waals surface area contributed by atoms with Crippen molar-refractivity contribution < 1.29 is 4.39 Å². The lowest BCUT2D eigenvalue weighted by molar-refractivity contribution is 0.601. The van der Waals surface area contributed by atoms with Gasteiger partial charge in [-0.25, -0.2) is 4.39 Å². The van der Waals surface area contributed by atoms with Crippen molar-refractivity contribution in [2.24, 2.45) is 11.8 Å². The van der Waals surface area contributed by atoms with Crippen molar-refractivity contribution in [1.82, 2.24) is 5.32 Å². The summed E-state index contributed by atoms with van der Waals surface area (Å²) < 4.78 is 14.1. The highest BCUT2D eigenvalue weighted by Gasteiger charge is 2.33. The van der Waals surface area contributed by atoms with Crippen molar-refractivity contribution in [2.45, 2.75) is 26.3 Å². The monoisotopic (exact) mass is 250 g/mol. The molecule has 1 aromatic carbocycles. The molecule has 2 rings (SSSR count). The molecule has 3 unspecified atom stereocenters. The van der Waals surface area contributed by atoms with Crippen molar-refractivity contribution in [2.75, 3.05) is 25.5 Å². The lowest BCUT2D eigenvalue weighted by atomic mass is 10.1. The highest BCUT2D eigenvalue weighted by molar-refractivity contribution is 5.49. The first kappa shape index (κ1) is 13.3. The first-order valence-corrected chi connectivity index (χ1v) is 6.70. The molecule has 1 aliphatic carbocycles. The maximum atomic E-state index is 14.1. The summed E-state index contributed by atoms with van der Waals surface area (Å²) >= 11 is 0. The zero-order valence-corrected chi connectivity index (χ0v) is 11.7. The Morgan fingerprint density at radius 1 is 1.50 bits per heavy atom. The minimum absolute atomic E-state index is 0.120. The summed E-state index contributed by atoms with van der Waals surface area (Å²) in [5, 5.41) is 3.12. The quantitative estimate of drug-likeness (QED) is 0.863. The van der Waals surface area contributed by atoms with Crippen molar-refractivity contribution in [1.29, 1.82) is 0 Å². The first-order valence-electron chi connectivity index (χ1n) is 6.70. The Morgan fingerprint density at radius 2 is 2.17 bits per heavy atom. The van der Waals surface area contributed by atoms with Crippen LogP contribution in [-0.4, -0.2) is 20.6 Å². The van der Waals surface area contributed by atoms with E-state index in [0.29, 0.717) is 5.69 Å². The van der Waals surface area contributed by atoms with Gasteiger partial charge in [0.05, 0.1) is 5.69 Å². The number of benzene rings is 1. The van der Waals surface area contributed by atoms with Crippen LogP contribution in [0, 0.1) is 17.7 Å². The van der Waals surface area contributed by atoms with Crippen LogP contribution in [0.15, 0.2) is 18.2 Å². The van der Waals surface area contributed by atoms with Gasteiger partial charge in [0, 0.05) is 19.6 Å². The van der Waals surface area contributed by atoms with Gasteiger partial charge >= 0.3 is 0 Å². The van der Waals surface area contributed by atoms with E-state index in [1.807, 2.05) is 38.1 Å². The summed E-state index contributed by atoms with van der Waals surface area (Å²) in [6.45, 7) is 5.25. The van der Waals surface area contributed by atoms with Gasteiger partial charge in [-0.05, 0) is 49.9 Å². The standard InChI is InChI=1S/C15H23FN2/c1-10-7-13(10)9-18(4)15-6-5-12(8-14(15)16)11(2)17-3/h5-6,8,10-11,13,17H,7,9H2,1-4H3. The fraction of sp³-hybridized carbons (Fsp3) is 0.600. The summed E-state index contributed by atoms with van der Waals surface area (Å²) in [6, 6.07) is 5.73. The van der Waals surface area contributed by atoms with Crippen LogP contribution in [0.5, 0.6) is 0 Å². The summed E-state index contributed by atoms with van der Waals surface area (Å²) in [6.07, 6.45) is 1.28. The Bertz CT molecular complexity index is 419. The zero-order chi connectivity index (χ0) is 13.3. The van der Waals surface area contributed by atoms with E-state index in [0.717, 1.165) is 23.9 Å². The molecule has 0 amide bonds. The van der Waals surface area contributed by atoms with Gasteiger partial charge in [-0.2, -0.15) is 0 Å². The van der Waals surface area contributed by atoms with Crippen LogP contribution in [0.3, 0.4) is 0 Å². The van der Waals surface area contributed by atoms with Crippen LogP contribution in [0.2, 0.25) is 0 Å². The molecule has 0 spiro atoms. The van der Waals surface area contributed by atoms with Crippen molar-refractivity contribution in [3.63, 3.8) is 0 Å². The topological polar surface area (TPSA) is 15.3 Å². The van der Waals surface area contributed by atoms with E-state index in [2.05, 4.69) is 12.2 Å². The maximum Gasteiger partial charge on any atom is 0.146 e. The van der Waals surface area contributed by atoms with Crippen LogP contribution in [0.25, 0.3) is 0 Å². The highest BCUT2D eigenvalue weighted by atomic mass is 19.1. The predicted octanol–water partition coefficient (Wildman–Crippen LogP) is 3.20. The number of hydrogen-bond donors (Lipinski definition) is 1. The number of halogens is 1. The van der Waals surface area contributed by atoms with Gasteiger partial charge in [-0.1, -0.05) is 13.0 Å². The van der Waals surface area contributed by atoms with E-state index in [4.69, 9.17) is 0 Å². The summed E-state index contributed by atoms with van der Waals surface area (Å²) in [4.78, 5) is 2.04. The van der Waals surface area contributed by atoms with Gasteiger partial charge in [0.2, 0.25) is 0 Å². The minimum Gasteiger partial charge on any atom is -0.372 e. The van der Waals surface area contributed by atoms with E-state index in [9.17, 15) is 4.39 Å². The lowest BCUT2D eigenvalue weighted by Gasteiger charge is -2.21. The van der Waals surface area contributed by atoms with Gasteiger partial charge in [-0.15, -0.1) is 0 Å². The normalized spacial score (nSPS) is 23.8. The first-order chi connectivity index (χ1) is 8.52. The van der Waals surface area contributed by atoms with Gasteiger partial charge < -0.3 is 10.2 Å². The van der Waals surface area contributed by atoms with Crippen molar-refractivity contribution in [3.8, 4) is 0 Å². The second kappa shape index (κ2) is 5.27. The van der Waals surface area contributed by atoms with E-state index in [1.165, 1.54) is 6.42 Å². The fourth-order valence-electron chi connectivity index (χ4n) is 2.37. The zero-order valence-electron chi connectivity index (χ0n) is 11.7. The molecule has 0 aliphatic heterocycles. The van der Waals surface area contributed by atoms with E-state index in [-0.39, 0.29) is 11.9 Å². The molecule has 1 fully saturated rings. The molecule has 0 saturated heterocycles. The van der Waals surface area contributed by atoms with E-state index < -0.39 is 0 Å². The Balaban J connectivity index is 2.08. The molecule has 100 valence electrons. The summed E-state index contributed by atoms with van der Waals surface area (Å²) in [5.74, 6) is 1.43. The second-order valence-electron chi connectivity index (χ2n) is 5.57. The lowest BCUT2D eigenvalue weighted by Crippen LogP contribution is -2.22. The molecule has 0 bridgehead atoms. The number of nitrogens with one attached hydrogen (secondary N) is 1. The smallest absolute Gasteiger partial charge is 0.146 e. The summed E-state index contributed by atoms with van der Waals surface area (Å²) in [5.41, 5.74) is 1.70. The molecule has 0 heterocycles. The highest BCUT2D eigenvalue weighted by Crippen LogP contribution is 2.39. The van der Waals surface area contributed by atoms with Crippen LogP contribution in [0.4, 0.5) is 10.1 Å². The number of hydrogen-bond acceptors (Lipinski definition) is 2. The van der Waals surface area contributed by atoms with E-state index in [1.54, 1.807) is 6.07 Å². The predicted molar refractivity (Wildman–Crippen MR) is 74.4 cm³/mol. The second-order valence-corrected chi connectivity index (χ2v) is 5.57. The molecular weight excluding hydrogens is 227 g/mol. The molecule has 1 saturated carbocycles. The molecule has 1 N–H and O–H groups in total. The largest absolute Gasteiger partial charge is 0.372 e. The molecule has 0 radical (unpaired) electrons. The molecule has 3 heteroatoms. The van der Waals surface area contributed by atoms with Crippen molar-refractivity contribution in [3.05, 3.63) is 29.6 Å². The van der Waals surface area contributed by atoms with Crippen LogP contribution in [0.1, 0.15) is 31.9 Å². The molecule has 18 heavy (non-hydrogen) atoms. The van der Waals surface area contributed by atoms with Gasteiger partial charge in [-0.3, -0.25) is 0 Å². The van der Waals surface area contributed by atoms with E-state index >= 15 is 0 Å². The number of nitrogens with zero attached hydrogens (tertiary/aromatic N) is 1.